The predicted octanol–water partition coefficient (Wildman–Crippen LogP) is -0.0302. The molecule has 1 aliphatic rings. The summed E-state index contributed by atoms with van der Waals surface area (Å²) in [4.78, 5) is 21.8. The van der Waals surface area contributed by atoms with Crippen LogP contribution < -0.4 is 4.72 Å². The number of rotatable bonds is 7. The zero-order valence-corrected chi connectivity index (χ0v) is 11.6. The van der Waals surface area contributed by atoms with E-state index in [1.54, 1.807) is 0 Å². The molecule has 7 nitrogen and oxygen atoms in total. The molecule has 0 radical (unpaired) electrons. The van der Waals surface area contributed by atoms with Crippen molar-refractivity contribution in [3.8, 4) is 0 Å². The smallest absolute Gasteiger partial charge is 0.306 e. The largest absolute Gasteiger partial charge is 0.481 e. The molecule has 1 aliphatic carbocycles. The maximum Gasteiger partial charge on any atom is 0.306 e. The molecule has 0 bridgehead atoms. The average Bonchev–Trinajstić information content (AvgIpc) is 2.82. The van der Waals surface area contributed by atoms with Crippen LogP contribution in [0.15, 0.2) is 0 Å². The van der Waals surface area contributed by atoms with Gasteiger partial charge in [0.05, 0.1) is 25.2 Å². The van der Waals surface area contributed by atoms with Crippen LogP contribution in [0.3, 0.4) is 0 Å². The number of carboxylic acids is 1. The minimum Gasteiger partial charge on any atom is -0.481 e. The summed E-state index contributed by atoms with van der Waals surface area (Å²) in [7, 11) is -2.37. The first-order valence-corrected chi connectivity index (χ1v) is 7.78. The summed E-state index contributed by atoms with van der Waals surface area (Å²) < 4.78 is 30.0. The highest BCUT2D eigenvalue weighted by Crippen LogP contribution is 2.31. The highest BCUT2D eigenvalue weighted by atomic mass is 32.2. The number of methoxy groups -OCH3 is 1. The van der Waals surface area contributed by atoms with Crippen molar-refractivity contribution in [3.05, 3.63) is 0 Å². The SMILES string of the molecule is COC(=O)CCS(=O)(=O)NCC1CCCC1C(=O)O. The van der Waals surface area contributed by atoms with Crippen molar-refractivity contribution in [1.82, 2.24) is 4.72 Å². The molecule has 1 saturated carbocycles. The Morgan fingerprint density at radius 1 is 1.37 bits per heavy atom. The van der Waals surface area contributed by atoms with Crippen molar-refractivity contribution in [2.24, 2.45) is 11.8 Å². The van der Waals surface area contributed by atoms with Crippen LogP contribution in [0.1, 0.15) is 25.7 Å². The molecule has 0 saturated heterocycles. The first kappa shape index (κ1) is 15.9. The number of esters is 1. The fourth-order valence-electron chi connectivity index (χ4n) is 2.23. The summed E-state index contributed by atoms with van der Waals surface area (Å²) in [5, 5.41) is 8.98. The lowest BCUT2D eigenvalue weighted by Crippen LogP contribution is -2.34. The molecule has 0 aromatic carbocycles. The van der Waals surface area contributed by atoms with Crippen LogP contribution in [0.5, 0.6) is 0 Å². The zero-order valence-electron chi connectivity index (χ0n) is 10.8. The van der Waals surface area contributed by atoms with Gasteiger partial charge in [0.25, 0.3) is 0 Å². The summed E-state index contributed by atoms with van der Waals surface area (Å²) in [6, 6.07) is 0. The van der Waals surface area contributed by atoms with Crippen LogP contribution in [-0.4, -0.2) is 44.9 Å². The number of nitrogens with one attached hydrogen (secondary N) is 1. The lowest BCUT2D eigenvalue weighted by Gasteiger charge is -2.16. The summed E-state index contributed by atoms with van der Waals surface area (Å²) >= 11 is 0. The molecule has 0 aromatic rings. The number of carbonyl (C=O) groups excluding carboxylic acids is 1. The molecule has 2 N–H and O–H groups in total. The quantitative estimate of drug-likeness (QED) is 0.638. The summed E-state index contributed by atoms with van der Waals surface area (Å²) in [6.07, 6.45) is 1.88. The maximum absolute atomic E-state index is 11.6. The van der Waals surface area contributed by atoms with Crippen LogP contribution in [0, 0.1) is 11.8 Å². The van der Waals surface area contributed by atoms with Gasteiger partial charge in [0.15, 0.2) is 0 Å². The molecule has 2 atom stereocenters. The van der Waals surface area contributed by atoms with Gasteiger partial charge in [0.2, 0.25) is 10.0 Å². The second-order valence-corrected chi connectivity index (χ2v) is 6.56. The monoisotopic (exact) mass is 293 g/mol. The third kappa shape index (κ3) is 5.15. The minimum absolute atomic E-state index is 0.112. The molecular weight excluding hydrogens is 274 g/mol. The number of sulfonamides is 1. The molecule has 1 fully saturated rings. The molecule has 0 spiro atoms. The maximum atomic E-state index is 11.6. The number of carboxylic acid groups (broad SMARTS) is 1. The Labute approximate surface area is 112 Å². The van der Waals surface area contributed by atoms with Crippen molar-refractivity contribution in [2.45, 2.75) is 25.7 Å². The van der Waals surface area contributed by atoms with E-state index in [0.29, 0.717) is 12.8 Å². The molecular formula is C11H19NO6S. The zero-order chi connectivity index (χ0) is 14.5. The molecule has 8 heteroatoms. The number of ether oxygens (including phenoxy) is 1. The first-order valence-electron chi connectivity index (χ1n) is 6.12. The van der Waals surface area contributed by atoms with Gasteiger partial charge in [-0.25, -0.2) is 13.1 Å². The van der Waals surface area contributed by atoms with Gasteiger partial charge in [0.1, 0.15) is 0 Å². The number of hydrogen-bond acceptors (Lipinski definition) is 5. The highest BCUT2D eigenvalue weighted by Gasteiger charge is 2.33. The Morgan fingerprint density at radius 3 is 2.63 bits per heavy atom. The Morgan fingerprint density at radius 2 is 2.05 bits per heavy atom. The average molecular weight is 293 g/mol. The van der Waals surface area contributed by atoms with E-state index < -0.39 is 27.9 Å². The number of carbonyl (C=O) groups is 2. The van der Waals surface area contributed by atoms with E-state index in [1.807, 2.05) is 0 Å². The van der Waals surface area contributed by atoms with E-state index in [-0.39, 0.29) is 24.6 Å². The molecule has 0 aliphatic heterocycles. The van der Waals surface area contributed by atoms with E-state index in [9.17, 15) is 18.0 Å². The van der Waals surface area contributed by atoms with Gasteiger partial charge in [-0.15, -0.1) is 0 Å². The Kier molecular flexibility index (Phi) is 5.74. The Bertz CT molecular complexity index is 432. The van der Waals surface area contributed by atoms with E-state index in [2.05, 4.69) is 9.46 Å². The molecule has 0 amide bonds. The summed E-state index contributed by atoms with van der Waals surface area (Å²) in [6.45, 7) is 0.112. The van der Waals surface area contributed by atoms with Gasteiger partial charge in [-0.1, -0.05) is 6.42 Å². The second kappa shape index (κ2) is 6.85. The third-order valence-electron chi connectivity index (χ3n) is 3.34. The molecule has 19 heavy (non-hydrogen) atoms. The molecule has 0 aromatic heterocycles. The van der Waals surface area contributed by atoms with Gasteiger partial charge >= 0.3 is 11.9 Å². The predicted molar refractivity (Wildman–Crippen MR) is 66.9 cm³/mol. The van der Waals surface area contributed by atoms with Crippen LogP contribution in [0.4, 0.5) is 0 Å². The van der Waals surface area contributed by atoms with Gasteiger partial charge in [-0.3, -0.25) is 9.59 Å². The van der Waals surface area contributed by atoms with Gasteiger partial charge in [-0.2, -0.15) is 0 Å². The normalized spacial score (nSPS) is 23.2. The van der Waals surface area contributed by atoms with Crippen molar-refractivity contribution < 1.29 is 27.9 Å². The lowest BCUT2D eigenvalue weighted by atomic mass is 9.97. The second-order valence-electron chi connectivity index (χ2n) is 4.63. The van der Waals surface area contributed by atoms with Crippen molar-refractivity contribution in [2.75, 3.05) is 19.4 Å². The molecule has 2 unspecified atom stereocenters. The van der Waals surface area contributed by atoms with Gasteiger partial charge < -0.3 is 9.84 Å². The van der Waals surface area contributed by atoms with E-state index in [1.165, 1.54) is 7.11 Å². The third-order valence-corrected chi connectivity index (χ3v) is 4.69. The van der Waals surface area contributed by atoms with Crippen LogP contribution >= 0.6 is 0 Å². The van der Waals surface area contributed by atoms with Gasteiger partial charge in [0, 0.05) is 6.54 Å². The van der Waals surface area contributed by atoms with E-state index in [4.69, 9.17) is 5.11 Å². The van der Waals surface area contributed by atoms with Gasteiger partial charge in [-0.05, 0) is 18.8 Å². The number of aliphatic carboxylic acids is 1. The van der Waals surface area contributed by atoms with Crippen molar-refractivity contribution in [3.63, 3.8) is 0 Å². The van der Waals surface area contributed by atoms with E-state index in [0.717, 1.165) is 6.42 Å². The highest BCUT2D eigenvalue weighted by molar-refractivity contribution is 7.89. The topological polar surface area (TPSA) is 110 Å². The van der Waals surface area contributed by atoms with Crippen LogP contribution in [-0.2, 0) is 24.3 Å². The number of hydrogen-bond donors (Lipinski definition) is 2. The summed E-state index contributed by atoms with van der Waals surface area (Å²) in [5.41, 5.74) is 0. The van der Waals surface area contributed by atoms with Crippen LogP contribution in [0.25, 0.3) is 0 Å². The summed E-state index contributed by atoms with van der Waals surface area (Å²) in [5.74, 6) is -2.47. The van der Waals surface area contributed by atoms with Crippen molar-refractivity contribution in [1.29, 1.82) is 0 Å². The van der Waals surface area contributed by atoms with Crippen molar-refractivity contribution >= 4 is 22.0 Å². The minimum atomic E-state index is -3.57. The molecule has 0 heterocycles. The van der Waals surface area contributed by atoms with Crippen LogP contribution in [0.2, 0.25) is 0 Å². The van der Waals surface area contributed by atoms with E-state index >= 15 is 0 Å². The molecule has 110 valence electrons. The Hall–Kier alpha value is -1.15. The first-order chi connectivity index (χ1) is 8.85. The fourth-order valence-corrected chi connectivity index (χ4v) is 3.28. The standard InChI is InChI=1S/C11H19NO6S/c1-18-10(13)5-6-19(16,17)12-7-8-3-2-4-9(8)11(14)15/h8-9,12H,2-7H2,1H3,(H,14,15). The fraction of sp³-hybridized carbons (Fsp3) is 0.818. The Balaban J connectivity index is 2.42. The molecule has 1 rings (SSSR count). The lowest BCUT2D eigenvalue weighted by molar-refractivity contribution is -0.143.